The summed E-state index contributed by atoms with van der Waals surface area (Å²) in [6.07, 6.45) is 6.29. The number of thioether (sulfide) groups is 2. The number of aldehydes is 2. The van der Waals surface area contributed by atoms with E-state index in [9.17, 15) is 24.0 Å². The van der Waals surface area contributed by atoms with Gasteiger partial charge in [0.05, 0.1) is 12.6 Å². The fraction of sp³-hybridized carbons (Fsp3) is 0.552. The standard InChI is InChI=1S/C29H45N5O5S2/c1-5-21(2)24(25(37)32-13-14-35)34-27(39)29(4,31)20-41-16-10-9-15-40-19-28(3,30)26(38)33-23(18-36)17-22-11-7-6-8-12-22/h6-12,14,18,21,23-24H,5,13,15-17,19-20,30-31H2,1-4H3,(H,32,37)(H,33,38)(H,34,39)/b10-9-/t21-,23-,24-,28-,29-/m0/s1. The maximum absolute atomic E-state index is 12.8. The maximum atomic E-state index is 12.8. The van der Waals surface area contributed by atoms with Crippen molar-refractivity contribution < 1.29 is 24.0 Å². The molecule has 0 unspecified atom stereocenters. The number of hydrogen-bond acceptors (Lipinski definition) is 9. The zero-order chi connectivity index (χ0) is 30.9. The van der Waals surface area contributed by atoms with E-state index in [1.54, 1.807) is 13.8 Å². The zero-order valence-corrected chi connectivity index (χ0v) is 26.0. The lowest BCUT2D eigenvalue weighted by molar-refractivity contribution is -0.132. The third-order valence-electron chi connectivity index (χ3n) is 6.36. The third-order valence-corrected chi connectivity index (χ3v) is 8.82. The summed E-state index contributed by atoms with van der Waals surface area (Å²) in [6, 6.07) is 8.03. The Morgan fingerprint density at radius 3 is 1.95 bits per heavy atom. The van der Waals surface area contributed by atoms with Crippen molar-refractivity contribution in [2.45, 2.75) is 63.7 Å². The monoisotopic (exact) mass is 607 g/mol. The molecule has 0 aliphatic heterocycles. The molecule has 41 heavy (non-hydrogen) atoms. The molecule has 10 nitrogen and oxygen atoms in total. The van der Waals surface area contributed by atoms with Crippen molar-refractivity contribution in [3.05, 3.63) is 48.0 Å². The van der Waals surface area contributed by atoms with E-state index < -0.39 is 35.0 Å². The normalized spacial score (nSPS) is 16.4. The first kappa shape index (κ1) is 36.4. The van der Waals surface area contributed by atoms with Gasteiger partial charge in [0.1, 0.15) is 29.7 Å². The highest BCUT2D eigenvalue weighted by Gasteiger charge is 2.34. The van der Waals surface area contributed by atoms with Crippen molar-refractivity contribution in [1.82, 2.24) is 16.0 Å². The lowest BCUT2D eigenvalue weighted by Crippen LogP contribution is -2.60. The van der Waals surface area contributed by atoms with Gasteiger partial charge in [0, 0.05) is 23.0 Å². The summed E-state index contributed by atoms with van der Waals surface area (Å²) in [5.74, 6) is 0.604. The quantitative estimate of drug-likeness (QED) is 0.0830. The van der Waals surface area contributed by atoms with Crippen LogP contribution in [0.4, 0.5) is 0 Å². The average Bonchev–Trinajstić information content (AvgIpc) is 2.95. The van der Waals surface area contributed by atoms with Crippen LogP contribution in [0.2, 0.25) is 0 Å². The first-order chi connectivity index (χ1) is 19.4. The van der Waals surface area contributed by atoms with Gasteiger partial charge in [-0.1, -0.05) is 62.8 Å². The van der Waals surface area contributed by atoms with Gasteiger partial charge in [-0.05, 0) is 31.7 Å². The molecule has 1 rings (SSSR count). The Bertz CT molecular complexity index is 1020. The number of carbonyl (C=O) groups is 5. The molecule has 1 aromatic carbocycles. The summed E-state index contributed by atoms with van der Waals surface area (Å²) in [6.45, 7) is 6.91. The third kappa shape index (κ3) is 13.7. The highest BCUT2D eigenvalue weighted by Crippen LogP contribution is 2.16. The highest BCUT2D eigenvalue weighted by atomic mass is 32.2. The van der Waals surface area contributed by atoms with Crippen molar-refractivity contribution in [3.8, 4) is 0 Å². The molecule has 0 radical (unpaired) electrons. The van der Waals surface area contributed by atoms with Crippen LogP contribution in [-0.4, -0.2) is 83.0 Å². The van der Waals surface area contributed by atoms with Crippen molar-refractivity contribution in [3.63, 3.8) is 0 Å². The van der Waals surface area contributed by atoms with Crippen molar-refractivity contribution in [1.29, 1.82) is 0 Å². The van der Waals surface area contributed by atoms with E-state index in [0.29, 0.717) is 42.1 Å². The first-order valence-electron chi connectivity index (χ1n) is 13.6. The molecule has 0 aliphatic carbocycles. The second-order valence-corrected chi connectivity index (χ2v) is 12.6. The van der Waals surface area contributed by atoms with Crippen LogP contribution in [0.3, 0.4) is 0 Å². The molecule has 0 fully saturated rings. The van der Waals surface area contributed by atoms with Crippen molar-refractivity contribution >= 4 is 53.8 Å². The summed E-state index contributed by atoms with van der Waals surface area (Å²) in [7, 11) is 0. The molecular formula is C29H45N5O5S2. The lowest BCUT2D eigenvalue weighted by atomic mass is 9.96. The van der Waals surface area contributed by atoms with Crippen LogP contribution in [0.1, 0.15) is 39.7 Å². The van der Waals surface area contributed by atoms with Gasteiger partial charge in [0.25, 0.3) is 0 Å². The lowest BCUT2D eigenvalue weighted by Gasteiger charge is -2.29. The van der Waals surface area contributed by atoms with Gasteiger partial charge in [0.15, 0.2) is 0 Å². The van der Waals surface area contributed by atoms with Gasteiger partial charge in [0.2, 0.25) is 17.7 Å². The van der Waals surface area contributed by atoms with Crippen LogP contribution in [0.5, 0.6) is 0 Å². The van der Waals surface area contributed by atoms with Crippen LogP contribution < -0.4 is 27.4 Å². The summed E-state index contributed by atoms with van der Waals surface area (Å²) >= 11 is 2.98. The predicted molar refractivity (Wildman–Crippen MR) is 168 cm³/mol. The molecule has 0 spiro atoms. The second-order valence-electron chi connectivity index (χ2n) is 10.5. The van der Waals surface area contributed by atoms with Crippen molar-refractivity contribution in [2.24, 2.45) is 17.4 Å². The number of benzene rings is 1. The smallest absolute Gasteiger partial charge is 0.243 e. The molecule has 228 valence electrons. The number of nitrogens with two attached hydrogens (primary N) is 2. The predicted octanol–water partition coefficient (Wildman–Crippen LogP) is 1.22. The molecule has 0 saturated heterocycles. The minimum Gasteiger partial charge on any atom is -0.348 e. The molecule has 12 heteroatoms. The minimum atomic E-state index is -1.20. The van der Waals surface area contributed by atoms with Crippen LogP contribution in [0.15, 0.2) is 42.5 Å². The van der Waals surface area contributed by atoms with Crippen LogP contribution in [0, 0.1) is 5.92 Å². The Morgan fingerprint density at radius 1 is 0.927 bits per heavy atom. The van der Waals surface area contributed by atoms with Gasteiger partial charge in [-0.15, -0.1) is 0 Å². The van der Waals surface area contributed by atoms with E-state index in [1.165, 1.54) is 23.5 Å². The molecule has 0 bridgehead atoms. The Labute approximate surface area is 252 Å². The van der Waals surface area contributed by atoms with E-state index >= 15 is 0 Å². The molecular weight excluding hydrogens is 562 g/mol. The van der Waals surface area contributed by atoms with E-state index in [0.717, 1.165) is 11.8 Å². The van der Waals surface area contributed by atoms with Gasteiger partial charge < -0.3 is 37.0 Å². The Kier molecular flexibility index (Phi) is 16.6. The largest absolute Gasteiger partial charge is 0.348 e. The number of carbonyl (C=O) groups excluding carboxylic acids is 5. The SMILES string of the molecule is CC[C@H](C)[C@H](NC(=O)[C@@](C)(N)CSC/C=C\CSC[C@](C)(N)C(=O)N[C@H](C=O)Cc1ccccc1)C(=O)NCC=O. The summed E-state index contributed by atoms with van der Waals surface area (Å²) in [4.78, 5) is 59.9. The summed E-state index contributed by atoms with van der Waals surface area (Å²) in [5.41, 5.74) is 11.1. The Balaban J connectivity index is 2.43. The Hall–Kier alpha value is -2.67. The van der Waals surface area contributed by atoms with Crippen LogP contribution >= 0.6 is 23.5 Å². The second kappa shape index (κ2) is 18.7. The Morgan fingerprint density at radius 2 is 1.46 bits per heavy atom. The van der Waals surface area contributed by atoms with E-state index in [4.69, 9.17) is 11.5 Å². The van der Waals surface area contributed by atoms with Gasteiger partial charge >= 0.3 is 0 Å². The van der Waals surface area contributed by atoms with Crippen molar-refractivity contribution in [2.75, 3.05) is 29.6 Å². The average molecular weight is 608 g/mol. The zero-order valence-electron chi connectivity index (χ0n) is 24.4. The fourth-order valence-electron chi connectivity index (χ4n) is 3.54. The molecule has 5 atom stereocenters. The molecule has 0 heterocycles. The van der Waals surface area contributed by atoms with Gasteiger partial charge in [-0.25, -0.2) is 0 Å². The maximum Gasteiger partial charge on any atom is 0.243 e. The number of hydrogen-bond donors (Lipinski definition) is 5. The van der Waals surface area contributed by atoms with E-state index in [2.05, 4.69) is 16.0 Å². The van der Waals surface area contributed by atoms with Crippen LogP contribution in [-0.2, 0) is 30.4 Å². The van der Waals surface area contributed by atoms with E-state index in [1.807, 2.05) is 56.3 Å². The number of rotatable bonds is 20. The topological polar surface area (TPSA) is 173 Å². The molecule has 7 N–H and O–H groups in total. The minimum absolute atomic E-state index is 0.116. The molecule has 0 aromatic heterocycles. The van der Waals surface area contributed by atoms with Gasteiger partial charge in [-0.2, -0.15) is 23.5 Å². The number of nitrogens with one attached hydrogen (secondary N) is 3. The van der Waals surface area contributed by atoms with Crippen LogP contribution in [0.25, 0.3) is 0 Å². The fourth-order valence-corrected chi connectivity index (χ4v) is 5.43. The summed E-state index contributed by atoms with van der Waals surface area (Å²) in [5, 5.41) is 7.98. The number of amides is 3. The summed E-state index contributed by atoms with van der Waals surface area (Å²) < 4.78 is 0. The molecule has 0 aliphatic rings. The van der Waals surface area contributed by atoms with Gasteiger partial charge in [-0.3, -0.25) is 14.4 Å². The first-order valence-corrected chi connectivity index (χ1v) is 15.9. The molecule has 0 saturated carbocycles. The molecule has 3 amide bonds. The highest BCUT2D eigenvalue weighted by molar-refractivity contribution is 7.99. The molecule has 1 aromatic rings. The van der Waals surface area contributed by atoms with E-state index in [-0.39, 0.29) is 18.4 Å².